The lowest BCUT2D eigenvalue weighted by molar-refractivity contribution is -0.154. The Kier molecular flexibility index (Phi) is 7.35. The Balaban J connectivity index is 3.90. The van der Waals surface area contributed by atoms with Crippen molar-refractivity contribution in [2.24, 2.45) is 10.7 Å². The van der Waals surface area contributed by atoms with E-state index in [1.54, 1.807) is 7.11 Å². The molecular weight excluding hydrogens is 234 g/mol. The van der Waals surface area contributed by atoms with Gasteiger partial charge in [0.1, 0.15) is 5.60 Å². The normalized spacial score (nSPS) is 14.2. The smallest absolute Gasteiger partial charge is 0.308 e. The number of nitrogens with one attached hydrogen (secondary N) is 1. The summed E-state index contributed by atoms with van der Waals surface area (Å²) in [4.78, 5) is 15.4. The molecule has 0 spiro atoms. The molecule has 0 aromatic carbocycles. The first-order valence-corrected chi connectivity index (χ1v) is 6.02. The summed E-state index contributed by atoms with van der Waals surface area (Å²) >= 11 is 0. The number of aliphatic imine (C=N–C) groups is 1. The summed E-state index contributed by atoms with van der Waals surface area (Å²) < 4.78 is 10.1. The van der Waals surface area contributed by atoms with Crippen molar-refractivity contribution in [2.45, 2.75) is 45.8 Å². The highest BCUT2D eigenvalue weighted by molar-refractivity contribution is 5.78. The predicted molar refractivity (Wildman–Crippen MR) is 71.4 cm³/mol. The summed E-state index contributed by atoms with van der Waals surface area (Å²) in [5, 5.41) is 2.95. The minimum absolute atomic E-state index is 0.0836. The SMILES string of the molecule is COCC(C)NC(N)=NCCC(=O)OC(C)(C)C. The molecule has 0 heterocycles. The first kappa shape index (κ1) is 16.7. The van der Waals surface area contributed by atoms with E-state index in [-0.39, 0.29) is 18.4 Å². The maximum atomic E-state index is 11.4. The van der Waals surface area contributed by atoms with Crippen LogP contribution in [-0.2, 0) is 14.3 Å². The number of guanidine groups is 1. The van der Waals surface area contributed by atoms with Crippen LogP contribution in [0.15, 0.2) is 4.99 Å². The quantitative estimate of drug-likeness (QED) is 0.416. The zero-order valence-corrected chi connectivity index (χ0v) is 11.9. The van der Waals surface area contributed by atoms with Crippen molar-refractivity contribution < 1.29 is 14.3 Å². The summed E-state index contributed by atoms with van der Waals surface area (Å²) in [5.74, 6) is 0.0344. The molecule has 0 rings (SSSR count). The summed E-state index contributed by atoms with van der Waals surface area (Å²) in [7, 11) is 1.62. The number of hydrogen-bond acceptors (Lipinski definition) is 4. The van der Waals surface area contributed by atoms with Crippen molar-refractivity contribution in [3.8, 4) is 0 Å². The lowest BCUT2D eigenvalue weighted by Gasteiger charge is -2.19. The van der Waals surface area contributed by atoms with Crippen molar-refractivity contribution in [3.05, 3.63) is 0 Å². The van der Waals surface area contributed by atoms with E-state index in [4.69, 9.17) is 15.2 Å². The maximum absolute atomic E-state index is 11.4. The molecular formula is C12H25N3O3. The summed E-state index contributed by atoms with van der Waals surface area (Å²) in [6, 6.07) is 0.0836. The number of ether oxygens (including phenoxy) is 2. The molecule has 0 saturated heterocycles. The molecule has 1 unspecified atom stereocenters. The van der Waals surface area contributed by atoms with E-state index in [0.717, 1.165) is 0 Å². The van der Waals surface area contributed by atoms with Crippen molar-refractivity contribution in [2.75, 3.05) is 20.3 Å². The molecule has 106 valence electrons. The van der Waals surface area contributed by atoms with E-state index in [9.17, 15) is 4.79 Å². The third-order valence-corrected chi connectivity index (χ3v) is 1.83. The minimum atomic E-state index is -0.461. The Morgan fingerprint density at radius 1 is 1.44 bits per heavy atom. The van der Waals surface area contributed by atoms with Gasteiger partial charge in [-0.15, -0.1) is 0 Å². The second-order valence-corrected chi connectivity index (χ2v) is 5.10. The standard InChI is InChI=1S/C12H25N3O3/c1-9(8-17-5)15-11(13)14-7-6-10(16)18-12(2,3)4/h9H,6-8H2,1-5H3,(H3,13,14,15). The number of esters is 1. The minimum Gasteiger partial charge on any atom is -0.460 e. The van der Waals surface area contributed by atoms with E-state index >= 15 is 0 Å². The van der Waals surface area contributed by atoms with Crippen LogP contribution in [0.4, 0.5) is 0 Å². The molecule has 0 aliphatic carbocycles. The lowest BCUT2D eigenvalue weighted by Crippen LogP contribution is -2.40. The number of carbonyl (C=O) groups is 1. The van der Waals surface area contributed by atoms with Gasteiger partial charge in [-0.1, -0.05) is 0 Å². The van der Waals surface area contributed by atoms with Gasteiger partial charge in [0.25, 0.3) is 0 Å². The lowest BCUT2D eigenvalue weighted by atomic mass is 10.2. The molecule has 6 nitrogen and oxygen atoms in total. The zero-order chi connectivity index (χ0) is 14.2. The van der Waals surface area contributed by atoms with E-state index in [1.807, 2.05) is 27.7 Å². The fraction of sp³-hybridized carbons (Fsp3) is 0.833. The molecule has 3 N–H and O–H groups in total. The van der Waals surface area contributed by atoms with Gasteiger partial charge in [0.15, 0.2) is 5.96 Å². The number of rotatable bonds is 6. The van der Waals surface area contributed by atoms with Crippen LogP contribution < -0.4 is 11.1 Å². The molecule has 6 heteroatoms. The van der Waals surface area contributed by atoms with Gasteiger partial charge in [-0.05, 0) is 27.7 Å². The van der Waals surface area contributed by atoms with Crippen LogP contribution in [0.1, 0.15) is 34.1 Å². The summed E-state index contributed by atoms with van der Waals surface area (Å²) in [5.41, 5.74) is 5.19. The van der Waals surface area contributed by atoms with Crippen LogP contribution in [0.2, 0.25) is 0 Å². The molecule has 0 aromatic heterocycles. The Labute approximate surface area is 109 Å². The molecule has 18 heavy (non-hydrogen) atoms. The first-order valence-electron chi connectivity index (χ1n) is 6.02. The van der Waals surface area contributed by atoms with Crippen LogP contribution in [-0.4, -0.2) is 43.8 Å². The molecule has 0 amide bonds. The van der Waals surface area contributed by atoms with Gasteiger partial charge >= 0.3 is 5.97 Å². The van der Waals surface area contributed by atoms with Crippen LogP contribution in [0.5, 0.6) is 0 Å². The largest absolute Gasteiger partial charge is 0.460 e. The zero-order valence-electron chi connectivity index (χ0n) is 11.9. The molecule has 1 atom stereocenters. The molecule has 0 aliphatic rings. The number of methoxy groups -OCH3 is 1. The molecule has 0 saturated carbocycles. The van der Waals surface area contributed by atoms with Crippen LogP contribution in [0, 0.1) is 0 Å². The van der Waals surface area contributed by atoms with Gasteiger partial charge < -0.3 is 20.5 Å². The van der Waals surface area contributed by atoms with Gasteiger partial charge in [-0.2, -0.15) is 0 Å². The average Bonchev–Trinajstić information content (AvgIpc) is 2.14. The number of hydrogen-bond donors (Lipinski definition) is 2. The number of nitrogens with zero attached hydrogens (tertiary/aromatic N) is 1. The number of carbonyl (C=O) groups excluding carboxylic acids is 1. The van der Waals surface area contributed by atoms with Gasteiger partial charge in [0.05, 0.1) is 19.6 Å². The molecule has 0 fully saturated rings. The first-order chi connectivity index (χ1) is 8.24. The highest BCUT2D eigenvalue weighted by atomic mass is 16.6. The molecule has 0 bridgehead atoms. The van der Waals surface area contributed by atoms with E-state index in [0.29, 0.717) is 19.1 Å². The van der Waals surface area contributed by atoms with Gasteiger partial charge in [0.2, 0.25) is 0 Å². The van der Waals surface area contributed by atoms with E-state index < -0.39 is 5.60 Å². The monoisotopic (exact) mass is 259 g/mol. The maximum Gasteiger partial charge on any atom is 0.308 e. The third kappa shape index (κ3) is 9.89. The fourth-order valence-corrected chi connectivity index (χ4v) is 1.25. The van der Waals surface area contributed by atoms with Crippen LogP contribution in [0.3, 0.4) is 0 Å². The van der Waals surface area contributed by atoms with E-state index in [1.165, 1.54) is 0 Å². The highest BCUT2D eigenvalue weighted by Gasteiger charge is 2.15. The summed E-state index contributed by atoms with van der Waals surface area (Å²) in [6.07, 6.45) is 0.221. The summed E-state index contributed by atoms with van der Waals surface area (Å²) in [6.45, 7) is 8.28. The van der Waals surface area contributed by atoms with Crippen molar-refractivity contribution in [1.82, 2.24) is 5.32 Å². The van der Waals surface area contributed by atoms with Crippen molar-refractivity contribution in [3.63, 3.8) is 0 Å². The topological polar surface area (TPSA) is 85.9 Å². The van der Waals surface area contributed by atoms with Crippen molar-refractivity contribution >= 4 is 11.9 Å². The molecule has 0 aromatic rings. The predicted octanol–water partition coefficient (Wildman–Crippen LogP) is 0.657. The van der Waals surface area contributed by atoms with Gasteiger partial charge in [-0.25, -0.2) is 0 Å². The van der Waals surface area contributed by atoms with Crippen molar-refractivity contribution in [1.29, 1.82) is 0 Å². The third-order valence-electron chi connectivity index (χ3n) is 1.83. The van der Waals surface area contributed by atoms with Crippen LogP contribution in [0.25, 0.3) is 0 Å². The Hall–Kier alpha value is -1.30. The van der Waals surface area contributed by atoms with Crippen LogP contribution >= 0.6 is 0 Å². The highest BCUT2D eigenvalue weighted by Crippen LogP contribution is 2.07. The van der Waals surface area contributed by atoms with Gasteiger partial charge in [-0.3, -0.25) is 9.79 Å². The second-order valence-electron chi connectivity index (χ2n) is 5.10. The average molecular weight is 259 g/mol. The number of nitrogens with two attached hydrogens (primary N) is 1. The Morgan fingerprint density at radius 3 is 2.56 bits per heavy atom. The van der Waals surface area contributed by atoms with E-state index in [2.05, 4.69) is 10.3 Å². The molecule has 0 aliphatic heterocycles. The fourth-order valence-electron chi connectivity index (χ4n) is 1.25. The second kappa shape index (κ2) is 7.92. The van der Waals surface area contributed by atoms with Gasteiger partial charge in [0, 0.05) is 13.2 Å². The molecule has 0 radical (unpaired) electrons. The Bertz CT molecular complexity index is 285. The Morgan fingerprint density at radius 2 is 2.06 bits per heavy atom.